The highest BCUT2D eigenvalue weighted by Crippen LogP contribution is 2.27. The van der Waals surface area contributed by atoms with Gasteiger partial charge in [-0.05, 0) is 49.4 Å². The van der Waals surface area contributed by atoms with Crippen LogP contribution in [-0.4, -0.2) is 17.9 Å². The second kappa shape index (κ2) is 6.96. The SMILES string of the molecule is COc1cccc(C(=O)C(=Cc2ccc(C)o2)c2nc3ccccc3o2)c1. The summed E-state index contributed by atoms with van der Waals surface area (Å²) in [4.78, 5) is 17.7. The summed E-state index contributed by atoms with van der Waals surface area (Å²) < 4.78 is 16.7. The van der Waals surface area contributed by atoms with Crippen molar-refractivity contribution in [2.24, 2.45) is 0 Å². The number of benzene rings is 2. The summed E-state index contributed by atoms with van der Waals surface area (Å²) in [7, 11) is 1.56. The van der Waals surface area contributed by atoms with E-state index in [2.05, 4.69) is 4.98 Å². The number of hydrogen-bond donors (Lipinski definition) is 0. The van der Waals surface area contributed by atoms with Gasteiger partial charge in [0.15, 0.2) is 11.4 Å². The van der Waals surface area contributed by atoms with Crippen LogP contribution < -0.4 is 4.74 Å². The predicted octanol–water partition coefficient (Wildman–Crippen LogP) is 5.16. The summed E-state index contributed by atoms with van der Waals surface area (Å²) >= 11 is 0. The highest BCUT2D eigenvalue weighted by atomic mass is 16.5. The van der Waals surface area contributed by atoms with Crippen LogP contribution >= 0.6 is 0 Å². The summed E-state index contributed by atoms with van der Waals surface area (Å²) in [5.74, 6) is 1.94. The molecule has 0 aliphatic carbocycles. The maximum atomic E-state index is 13.2. The Morgan fingerprint density at radius 1 is 1.04 bits per heavy atom. The fraction of sp³-hybridized carbons (Fsp3) is 0.0909. The van der Waals surface area contributed by atoms with Crippen molar-refractivity contribution >= 4 is 28.5 Å². The van der Waals surface area contributed by atoms with E-state index >= 15 is 0 Å². The first-order valence-corrected chi connectivity index (χ1v) is 8.47. The normalized spacial score (nSPS) is 11.7. The Morgan fingerprint density at radius 2 is 1.89 bits per heavy atom. The van der Waals surface area contributed by atoms with Crippen molar-refractivity contribution in [3.8, 4) is 5.75 Å². The zero-order chi connectivity index (χ0) is 18.8. The molecule has 0 N–H and O–H groups in total. The molecule has 0 aliphatic heterocycles. The van der Waals surface area contributed by atoms with Crippen LogP contribution in [-0.2, 0) is 0 Å². The first-order valence-electron chi connectivity index (χ1n) is 8.47. The van der Waals surface area contributed by atoms with Gasteiger partial charge in [0.25, 0.3) is 0 Å². The third-order valence-electron chi connectivity index (χ3n) is 4.15. The Balaban J connectivity index is 1.84. The molecule has 2 aromatic heterocycles. The van der Waals surface area contributed by atoms with Gasteiger partial charge in [0.1, 0.15) is 22.8 Å². The Morgan fingerprint density at radius 3 is 2.63 bits per heavy atom. The van der Waals surface area contributed by atoms with Gasteiger partial charge in [0.2, 0.25) is 5.89 Å². The summed E-state index contributed by atoms with van der Waals surface area (Å²) in [6, 6.07) is 18.0. The molecule has 0 saturated heterocycles. The van der Waals surface area contributed by atoms with Crippen LogP contribution in [0.2, 0.25) is 0 Å². The smallest absolute Gasteiger partial charge is 0.231 e. The highest BCUT2D eigenvalue weighted by molar-refractivity contribution is 6.31. The van der Waals surface area contributed by atoms with E-state index in [-0.39, 0.29) is 11.7 Å². The quantitative estimate of drug-likeness (QED) is 0.364. The molecule has 4 aromatic rings. The third kappa shape index (κ3) is 3.40. The molecule has 0 amide bonds. The number of allylic oxidation sites excluding steroid dienone is 1. The van der Waals surface area contributed by atoms with Crippen LogP contribution in [0.1, 0.15) is 27.8 Å². The van der Waals surface area contributed by atoms with Crippen molar-refractivity contribution in [1.29, 1.82) is 0 Å². The number of carbonyl (C=O) groups excluding carboxylic acids is 1. The monoisotopic (exact) mass is 359 g/mol. The predicted molar refractivity (Wildman–Crippen MR) is 103 cm³/mol. The van der Waals surface area contributed by atoms with Crippen molar-refractivity contribution in [2.75, 3.05) is 7.11 Å². The number of carbonyl (C=O) groups is 1. The molecular weight excluding hydrogens is 342 g/mol. The minimum Gasteiger partial charge on any atom is -0.497 e. The molecule has 4 rings (SSSR count). The molecule has 0 saturated carbocycles. The van der Waals surface area contributed by atoms with Crippen LogP contribution in [0.3, 0.4) is 0 Å². The molecule has 0 radical (unpaired) electrons. The molecule has 0 fully saturated rings. The average Bonchev–Trinajstić information content (AvgIpc) is 3.31. The fourth-order valence-electron chi connectivity index (χ4n) is 2.80. The lowest BCUT2D eigenvalue weighted by molar-refractivity contribution is 0.105. The standard InChI is InChI=1S/C22H17NO4/c1-14-10-11-17(26-14)13-18(21(24)15-6-5-7-16(12-15)25-2)22-23-19-8-3-4-9-20(19)27-22/h3-13H,1-2H3. The van der Waals surface area contributed by atoms with Gasteiger partial charge >= 0.3 is 0 Å². The number of para-hydroxylation sites is 2. The minimum absolute atomic E-state index is 0.227. The molecular formula is C22H17NO4. The van der Waals surface area contributed by atoms with E-state index < -0.39 is 0 Å². The molecule has 0 bridgehead atoms. The number of rotatable bonds is 5. The molecule has 134 valence electrons. The second-order valence-electron chi connectivity index (χ2n) is 6.05. The topological polar surface area (TPSA) is 65.5 Å². The van der Waals surface area contributed by atoms with Gasteiger partial charge in [-0.2, -0.15) is 0 Å². The molecule has 27 heavy (non-hydrogen) atoms. The number of nitrogens with zero attached hydrogens (tertiary/aromatic N) is 1. The van der Waals surface area contributed by atoms with Gasteiger partial charge in [-0.25, -0.2) is 4.98 Å². The second-order valence-corrected chi connectivity index (χ2v) is 6.05. The van der Waals surface area contributed by atoms with Crippen LogP contribution in [0.25, 0.3) is 22.7 Å². The van der Waals surface area contributed by atoms with Crippen LogP contribution in [0, 0.1) is 6.92 Å². The molecule has 0 spiro atoms. The van der Waals surface area contributed by atoms with Gasteiger partial charge in [0, 0.05) is 5.56 Å². The number of ether oxygens (including phenoxy) is 1. The van der Waals surface area contributed by atoms with Gasteiger partial charge < -0.3 is 13.6 Å². The van der Waals surface area contributed by atoms with E-state index in [4.69, 9.17) is 13.6 Å². The highest BCUT2D eigenvalue weighted by Gasteiger charge is 2.21. The minimum atomic E-state index is -0.227. The van der Waals surface area contributed by atoms with Gasteiger partial charge in [-0.3, -0.25) is 4.79 Å². The van der Waals surface area contributed by atoms with Gasteiger partial charge in [-0.15, -0.1) is 0 Å². The summed E-state index contributed by atoms with van der Waals surface area (Å²) in [6.07, 6.45) is 1.65. The number of hydrogen-bond acceptors (Lipinski definition) is 5. The van der Waals surface area contributed by atoms with Crippen molar-refractivity contribution in [3.05, 3.63) is 83.6 Å². The van der Waals surface area contributed by atoms with Gasteiger partial charge in [-0.1, -0.05) is 24.3 Å². The summed E-state index contributed by atoms with van der Waals surface area (Å²) in [5, 5.41) is 0. The van der Waals surface area contributed by atoms with E-state index in [0.717, 1.165) is 5.76 Å². The number of aromatic nitrogens is 1. The molecule has 2 aromatic carbocycles. The Labute approximate surface area is 155 Å². The lowest BCUT2D eigenvalue weighted by Gasteiger charge is -2.05. The first-order chi connectivity index (χ1) is 13.1. The van der Waals surface area contributed by atoms with Gasteiger partial charge in [0.05, 0.1) is 12.7 Å². The molecule has 0 unspecified atom stereocenters. The van der Waals surface area contributed by atoms with E-state index in [9.17, 15) is 4.79 Å². The Bertz CT molecular complexity index is 1120. The summed E-state index contributed by atoms with van der Waals surface area (Å²) in [5.41, 5.74) is 2.10. The van der Waals surface area contributed by atoms with E-state index in [1.165, 1.54) is 0 Å². The Hall–Kier alpha value is -3.60. The largest absolute Gasteiger partial charge is 0.497 e. The maximum absolute atomic E-state index is 13.2. The lowest BCUT2D eigenvalue weighted by Crippen LogP contribution is -2.03. The van der Waals surface area contributed by atoms with Crippen LogP contribution in [0.5, 0.6) is 5.75 Å². The molecule has 2 heterocycles. The van der Waals surface area contributed by atoms with E-state index in [0.29, 0.717) is 33.7 Å². The number of Topliss-reactive ketones (excluding diaryl/α,β-unsaturated/α-hetero) is 1. The molecule has 0 atom stereocenters. The summed E-state index contributed by atoms with van der Waals surface area (Å²) in [6.45, 7) is 1.85. The fourth-order valence-corrected chi connectivity index (χ4v) is 2.80. The average molecular weight is 359 g/mol. The number of aryl methyl sites for hydroxylation is 1. The Kier molecular flexibility index (Phi) is 4.34. The number of furan rings is 1. The van der Waals surface area contributed by atoms with Crippen molar-refractivity contribution in [3.63, 3.8) is 0 Å². The molecule has 0 aliphatic rings. The zero-order valence-electron chi connectivity index (χ0n) is 14.9. The molecule has 5 nitrogen and oxygen atoms in total. The number of ketones is 1. The first kappa shape index (κ1) is 16.8. The number of oxazole rings is 1. The molecule has 5 heteroatoms. The number of fused-ring (bicyclic) bond motifs is 1. The zero-order valence-corrected chi connectivity index (χ0v) is 14.9. The van der Waals surface area contributed by atoms with E-state index in [1.807, 2.05) is 37.3 Å². The van der Waals surface area contributed by atoms with Crippen LogP contribution in [0.4, 0.5) is 0 Å². The van der Waals surface area contributed by atoms with E-state index in [1.54, 1.807) is 43.5 Å². The van der Waals surface area contributed by atoms with Crippen molar-refractivity contribution in [2.45, 2.75) is 6.92 Å². The number of methoxy groups -OCH3 is 1. The van der Waals surface area contributed by atoms with Crippen molar-refractivity contribution < 1.29 is 18.4 Å². The van der Waals surface area contributed by atoms with Crippen molar-refractivity contribution in [1.82, 2.24) is 4.98 Å². The maximum Gasteiger partial charge on any atom is 0.231 e. The third-order valence-corrected chi connectivity index (χ3v) is 4.15. The lowest BCUT2D eigenvalue weighted by atomic mass is 10.0. The van der Waals surface area contributed by atoms with Crippen LogP contribution in [0.15, 0.2) is 69.5 Å².